The predicted octanol–water partition coefficient (Wildman–Crippen LogP) is -1.22. The van der Waals surface area contributed by atoms with Crippen molar-refractivity contribution in [1.29, 1.82) is 0 Å². The molecular weight excluding hydrogens is 164 g/mol. The van der Waals surface area contributed by atoms with Crippen LogP contribution in [0.1, 0.15) is 6.92 Å². The minimum Gasteiger partial charge on any atom is -0.427 e. The van der Waals surface area contributed by atoms with Crippen LogP contribution in [0.3, 0.4) is 0 Å². The quantitative estimate of drug-likeness (QED) is 0.284. The molecule has 0 aromatic rings. The zero-order chi connectivity index (χ0) is 9.78. The molecule has 2 atom stereocenters. The van der Waals surface area contributed by atoms with E-state index in [-0.39, 0.29) is 0 Å². The minimum atomic E-state index is -2.08. The van der Waals surface area contributed by atoms with Gasteiger partial charge in [-0.15, -0.1) is 0 Å². The number of hydrogen-bond donors (Lipinski definition) is 3. The molecule has 3 N–H and O–H groups in total. The van der Waals surface area contributed by atoms with Crippen LogP contribution in [0.15, 0.2) is 12.7 Å². The second-order valence-corrected chi connectivity index (χ2v) is 2.38. The Morgan fingerprint density at radius 1 is 1.83 bits per heavy atom. The van der Waals surface area contributed by atoms with Crippen LogP contribution in [0.4, 0.5) is 0 Å². The number of hydrogen-bond acceptors (Lipinski definition) is 5. The van der Waals surface area contributed by atoms with Crippen molar-refractivity contribution in [2.24, 2.45) is 0 Å². The Labute approximate surface area is 69.9 Å². The van der Waals surface area contributed by atoms with Gasteiger partial charge in [0.15, 0.2) is 0 Å². The summed E-state index contributed by atoms with van der Waals surface area (Å²) in [6, 6.07) is 0. The topological polar surface area (TPSA) is 87.0 Å². The average Bonchev–Trinajstić information content (AvgIpc) is 2.02. The molecule has 0 aliphatic carbocycles. The maximum atomic E-state index is 10.6. The highest BCUT2D eigenvalue weighted by atomic mass is 16.7. The molecule has 0 aliphatic heterocycles. The molecule has 0 saturated heterocycles. The molecule has 0 aromatic carbocycles. The third kappa shape index (κ3) is 3.00. The number of ether oxygens (including phenoxy) is 1. The van der Waals surface area contributed by atoms with Crippen molar-refractivity contribution in [3.05, 3.63) is 12.7 Å². The van der Waals surface area contributed by atoms with Gasteiger partial charge in [-0.2, -0.15) is 0 Å². The first kappa shape index (κ1) is 11.1. The van der Waals surface area contributed by atoms with E-state index in [2.05, 4.69) is 11.3 Å². The van der Waals surface area contributed by atoms with Gasteiger partial charge in [0.05, 0.1) is 6.61 Å². The van der Waals surface area contributed by atoms with Gasteiger partial charge in [-0.1, -0.05) is 6.58 Å². The monoisotopic (exact) mass is 176 g/mol. The SMILES string of the molecule is C=CC(=O)OC(C)(O)C(O)CO. The molecule has 2 unspecified atom stereocenters. The number of aliphatic hydroxyl groups excluding tert-OH is 2. The molecule has 5 nitrogen and oxygen atoms in total. The summed E-state index contributed by atoms with van der Waals surface area (Å²) in [5, 5.41) is 26.5. The summed E-state index contributed by atoms with van der Waals surface area (Å²) in [7, 11) is 0. The third-order valence-electron chi connectivity index (χ3n) is 1.27. The van der Waals surface area contributed by atoms with Crippen molar-refractivity contribution < 1.29 is 24.9 Å². The Kier molecular flexibility index (Phi) is 3.88. The normalized spacial score (nSPS) is 17.7. The molecule has 0 spiro atoms. The van der Waals surface area contributed by atoms with Crippen LogP contribution in [-0.2, 0) is 9.53 Å². The number of esters is 1. The number of carbonyl (C=O) groups excluding carboxylic acids is 1. The summed E-state index contributed by atoms with van der Waals surface area (Å²) in [5.74, 6) is -2.95. The van der Waals surface area contributed by atoms with E-state index in [1.54, 1.807) is 0 Å². The van der Waals surface area contributed by atoms with Gasteiger partial charge < -0.3 is 20.1 Å². The van der Waals surface area contributed by atoms with Crippen molar-refractivity contribution in [1.82, 2.24) is 0 Å². The fraction of sp³-hybridized carbons (Fsp3) is 0.571. The number of rotatable bonds is 4. The largest absolute Gasteiger partial charge is 0.427 e. The van der Waals surface area contributed by atoms with Gasteiger partial charge >= 0.3 is 5.97 Å². The summed E-state index contributed by atoms with van der Waals surface area (Å²) in [4.78, 5) is 10.6. The molecule has 0 radical (unpaired) electrons. The van der Waals surface area contributed by atoms with Crippen molar-refractivity contribution in [3.63, 3.8) is 0 Å². The van der Waals surface area contributed by atoms with Crippen LogP contribution in [0.25, 0.3) is 0 Å². The Morgan fingerprint density at radius 3 is 2.67 bits per heavy atom. The van der Waals surface area contributed by atoms with E-state index in [0.29, 0.717) is 0 Å². The molecule has 70 valence electrons. The molecule has 0 aromatic heterocycles. The van der Waals surface area contributed by atoms with Crippen LogP contribution in [0.5, 0.6) is 0 Å². The molecule has 0 rings (SSSR count). The highest BCUT2D eigenvalue weighted by molar-refractivity contribution is 5.81. The van der Waals surface area contributed by atoms with E-state index in [9.17, 15) is 9.90 Å². The summed E-state index contributed by atoms with van der Waals surface area (Å²) in [5.41, 5.74) is 0. The van der Waals surface area contributed by atoms with Crippen LogP contribution >= 0.6 is 0 Å². The second-order valence-electron chi connectivity index (χ2n) is 2.38. The molecular formula is C7H12O5. The van der Waals surface area contributed by atoms with Crippen molar-refractivity contribution in [3.8, 4) is 0 Å². The third-order valence-corrected chi connectivity index (χ3v) is 1.27. The molecule has 0 fully saturated rings. The zero-order valence-corrected chi connectivity index (χ0v) is 6.73. The molecule has 12 heavy (non-hydrogen) atoms. The smallest absolute Gasteiger partial charge is 0.332 e. The van der Waals surface area contributed by atoms with Crippen molar-refractivity contribution in [2.45, 2.75) is 18.8 Å². The predicted molar refractivity (Wildman–Crippen MR) is 40.0 cm³/mol. The second kappa shape index (κ2) is 4.20. The first-order chi connectivity index (χ1) is 5.44. The highest BCUT2D eigenvalue weighted by Gasteiger charge is 2.33. The maximum Gasteiger partial charge on any atom is 0.332 e. The van der Waals surface area contributed by atoms with E-state index < -0.39 is 24.5 Å². The summed E-state index contributed by atoms with van der Waals surface area (Å²) in [6.45, 7) is 3.47. The first-order valence-corrected chi connectivity index (χ1v) is 3.30. The lowest BCUT2D eigenvalue weighted by molar-refractivity contribution is -0.239. The molecule has 0 bridgehead atoms. The van der Waals surface area contributed by atoms with E-state index in [1.807, 2.05) is 0 Å². The van der Waals surface area contributed by atoms with Gasteiger partial charge in [0.1, 0.15) is 6.10 Å². The van der Waals surface area contributed by atoms with Crippen LogP contribution in [0, 0.1) is 0 Å². The fourth-order valence-corrected chi connectivity index (χ4v) is 0.483. The molecule has 5 heteroatoms. The van der Waals surface area contributed by atoms with Gasteiger partial charge in [0.2, 0.25) is 5.79 Å². The minimum absolute atomic E-state index is 0.697. The molecule has 0 saturated carbocycles. The molecule has 0 aliphatic rings. The Balaban J connectivity index is 4.20. The van der Waals surface area contributed by atoms with Gasteiger partial charge in [0.25, 0.3) is 0 Å². The van der Waals surface area contributed by atoms with Gasteiger partial charge in [0, 0.05) is 13.0 Å². The molecule has 0 heterocycles. The van der Waals surface area contributed by atoms with Crippen molar-refractivity contribution in [2.75, 3.05) is 6.61 Å². The maximum absolute atomic E-state index is 10.6. The first-order valence-electron chi connectivity index (χ1n) is 3.30. The summed E-state index contributed by atoms with van der Waals surface area (Å²) >= 11 is 0. The van der Waals surface area contributed by atoms with Crippen LogP contribution in [-0.4, -0.2) is 39.8 Å². The summed E-state index contributed by atoms with van der Waals surface area (Å²) < 4.78 is 4.33. The van der Waals surface area contributed by atoms with Gasteiger partial charge in [-0.25, -0.2) is 4.79 Å². The zero-order valence-electron chi connectivity index (χ0n) is 6.73. The lowest BCUT2D eigenvalue weighted by Crippen LogP contribution is -2.45. The van der Waals surface area contributed by atoms with E-state index in [1.165, 1.54) is 0 Å². The van der Waals surface area contributed by atoms with Crippen molar-refractivity contribution >= 4 is 5.97 Å². The highest BCUT2D eigenvalue weighted by Crippen LogP contribution is 2.11. The average molecular weight is 176 g/mol. The van der Waals surface area contributed by atoms with E-state index in [0.717, 1.165) is 13.0 Å². The van der Waals surface area contributed by atoms with Crippen LogP contribution in [0.2, 0.25) is 0 Å². The number of carbonyl (C=O) groups is 1. The lowest BCUT2D eigenvalue weighted by atomic mass is 10.2. The summed E-state index contributed by atoms with van der Waals surface area (Å²) in [6.07, 6.45) is -0.681. The fourth-order valence-electron chi connectivity index (χ4n) is 0.483. The lowest BCUT2D eigenvalue weighted by Gasteiger charge is -2.26. The van der Waals surface area contributed by atoms with Crippen LogP contribution < -0.4 is 0 Å². The van der Waals surface area contributed by atoms with Gasteiger partial charge in [-0.05, 0) is 0 Å². The Hall–Kier alpha value is -0.910. The van der Waals surface area contributed by atoms with E-state index in [4.69, 9.17) is 10.2 Å². The Morgan fingerprint density at radius 2 is 2.33 bits per heavy atom. The van der Waals surface area contributed by atoms with E-state index >= 15 is 0 Å². The molecule has 0 amide bonds. The standard InChI is InChI=1S/C7H12O5/c1-3-6(10)12-7(2,11)5(9)4-8/h3,5,8-9,11H,1,4H2,2H3. The van der Waals surface area contributed by atoms with Gasteiger partial charge in [-0.3, -0.25) is 0 Å². The Bertz CT molecular complexity index is 175. The number of aliphatic hydroxyl groups is 3.